The molecule has 5 heteroatoms. The molecule has 0 saturated heterocycles. The maximum absolute atomic E-state index is 11.2. The fraction of sp³-hybridized carbons (Fsp3) is 0.133. The highest BCUT2D eigenvalue weighted by Gasteiger charge is 2.04. The molecule has 0 aliphatic rings. The number of carbonyl (C=O) groups is 2. The Morgan fingerprint density at radius 1 is 1.35 bits per heavy atom. The molecule has 2 rings (SSSR count). The van der Waals surface area contributed by atoms with Crippen LogP contribution in [0.4, 0.5) is 0 Å². The lowest BCUT2D eigenvalue weighted by molar-refractivity contribution is -0.137. The fourth-order valence-electron chi connectivity index (χ4n) is 1.71. The van der Waals surface area contributed by atoms with Gasteiger partial charge in [0.05, 0.1) is 17.7 Å². The molecule has 0 saturated carbocycles. The Bertz CT molecular complexity index is 691. The summed E-state index contributed by atoms with van der Waals surface area (Å²) in [7, 11) is 0. The average Bonchev–Trinajstić information content (AvgIpc) is 2.44. The van der Waals surface area contributed by atoms with E-state index in [1.165, 1.54) is 12.3 Å². The molecule has 1 aromatic carbocycles. The van der Waals surface area contributed by atoms with Gasteiger partial charge in [-0.2, -0.15) is 0 Å². The number of nitrogens with zero attached hydrogens (tertiary/aromatic N) is 1. The van der Waals surface area contributed by atoms with Crippen LogP contribution in [0.2, 0.25) is 0 Å². The first-order valence-electron chi connectivity index (χ1n) is 6.08. The number of carboxylic acid groups (broad SMARTS) is 1. The van der Waals surface area contributed by atoms with Gasteiger partial charge >= 0.3 is 11.9 Å². The van der Waals surface area contributed by atoms with Gasteiger partial charge in [-0.05, 0) is 30.7 Å². The zero-order chi connectivity index (χ0) is 14.5. The van der Waals surface area contributed by atoms with E-state index in [0.29, 0.717) is 12.1 Å². The lowest BCUT2D eigenvalue weighted by Gasteiger charge is -2.01. The van der Waals surface area contributed by atoms with Crippen LogP contribution < -0.4 is 0 Å². The predicted octanol–water partition coefficient (Wildman–Crippen LogP) is 2.51. The molecule has 0 spiro atoms. The van der Waals surface area contributed by atoms with Gasteiger partial charge in [-0.25, -0.2) is 9.59 Å². The molecule has 0 aliphatic carbocycles. The molecular weight excluding hydrogens is 258 g/mol. The second-order valence-corrected chi connectivity index (χ2v) is 4.07. The van der Waals surface area contributed by atoms with Crippen LogP contribution in [-0.4, -0.2) is 28.6 Å². The van der Waals surface area contributed by atoms with Crippen LogP contribution in [0.15, 0.2) is 36.5 Å². The molecule has 1 heterocycles. The SMILES string of the molecule is CCOC(=O)/C=C/c1ccc2cc(C(=O)O)cnc2c1. The van der Waals surface area contributed by atoms with Gasteiger partial charge in [0, 0.05) is 17.7 Å². The molecule has 0 amide bonds. The molecular formula is C15H13NO4. The van der Waals surface area contributed by atoms with Crippen LogP contribution >= 0.6 is 0 Å². The molecule has 20 heavy (non-hydrogen) atoms. The standard InChI is InChI=1S/C15H13NO4/c1-2-20-14(17)6-4-10-3-5-11-8-12(15(18)19)9-16-13(11)7-10/h3-9H,2H2,1H3,(H,18,19)/b6-4+. The summed E-state index contributed by atoms with van der Waals surface area (Å²) < 4.78 is 4.79. The highest BCUT2D eigenvalue weighted by atomic mass is 16.5. The summed E-state index contributed by atoms with van der Waals surface area (Å²) >= 11 is 0. The Morgan fingerprint density at radius 2 is 2.15 bits per heavy atom. The van der Waals surface area contributed by atoms with Crippen molar-refractivity contribution >= 4 is 28.9 Å². The quantitative estimate of drug-likeness (QED) is 0.683. The van der Waals surface area contributed by atoms with Crippen LogP contribution in [-0.2, 0) is 9.53 Å². The molecule has 0 fully saturated rings. The Kier molecular flexibility index (Phi) is 4.10. The third kappa shape index (κ3) is 3.20. The van der Waals surface area contributed by atoms with Gasteiger partial charge in [-0.15, -0.1) is 0 Å². The van der Waals surface area contributed by atoms with Gasteiger partial charge in [-0.1, -0.05) is 12.1 Å². The molecule has 0 aliphatic heterocycles. The van der Waals surface area contributed by atoms with E-state index in [1.807, 2.05) is 0 Å². The summed E-state index contributed by atoms with van der Waals surface area (Å²) in [5, 5.41) is 9.63. The molecule has 0 atom stereocenters. The van der Waals surface area contributed by atoms with E-state index < -0.39 is 11.9 Å². The predicted molar refractivity (Wildman–Crippen MR) is 74.4 cm³/mol. The van der Waals surface area contributed by atoms with Crippen LogP contribution in [0.1, 0.15) is 22.8 Å². The maximum Gasteiger partial charge on any atom is 0.337 e. The number of rotatable bonds is 4. The molecule has 1 N–H and O–H groups in total. The zero-order valence-electron chi connectivity index (χ0n) is 10.9. The summed E-state index contributed by atoms with van der Waals surface area (Å²) in [6.07, 6.45) is 4.28. The topological polar surface area (TPSA) is 76.5 Å². The summed E-state index contributed by atoms with van der Waals surface area (Å²) in [6, 6.07) is 6.88. The lowest BCUT2D eigenvalue weighted by atomic mass is 10.1. The largest absolute Gasteiger partial charge is 0.478 e. The Labute approximate surface area is 115 Å². The van der Waals surface area contributed by atoms with Crippen molar-refractivity contribution in [1.29, 1.82) is 0 Å². The van der Waals surface area contributed by atoms with Gasteiger partial charge in [0.2, 0.25) is 0 Å². The summed E-state index contributed by atoms with van der Waals surface area (Å²) in [4.78, 5) is 26.2. The van der Waals surface area contributed by atoms with E-state index >= 15 is 0 Å². The number of carbonyl (C=O) groups excluding carboxylic acids is 1. The second kappa shape index (κ2) is 5.97. The van der Waals surface area contributed by atoms with Crippen molar-refractivity contribution in [2.75, 3.05) is 6.61 Å². The van der Waals surface area contributed by atoms with E-state index in [4.69, 9.17) is 9.84 Å². The van der Waals surface area contributed by atoms with Gasteiger partial charge in [0.25, 0.3) is 0 Å². The Balaban J connectivity index is 2.28. The number of carboxylic acids is 1. The molecule has 1 aromatic heterocycles. The number of aromatic carboxylic acids is 1. The van der Waals surface area contributed by atoms with Crippen molar-refractivity contribution in [3.63, 3.8) is 0 Å². The van der Waals surface area contributed by atoms with Gasteiger partial charge in [-0.3, -0.25) is 4.98 Å². The number of hydrogen-bond acceptors (Lipinski definition) is 4. The number of hydrogen-bond donors (Lipinski definition) is 1. The lowest BCUT2D eigenvalue weighted by Crippen LogP contribution is -1.98. The van der Waals surface area contributed by atoms with Gasteiger partial charge in [0.1, 0.15) is 0 Å². The molecule has 0 bridgehead atoms. The third-order valence-electron chi connectivity index (χ3n) is 2.65. The minimum absolute atomic E-state index is 0.146. The smallest absolute Gasteiger partial charge is 0.337 e. The molecule has 0 radical (unpaired) electrons. The minimum atomic E-state index is -1.01. The molecule has 2 aromatic rings. The highest BCUT2D eigenvalue weighted by molar-refractivity contribution is 5.93. The van der Waals surface area contributed by atoms with Crippen molar-refractivity contribution in [2.45, 2.75) is 6.92 Å². The van der Waals surface area contributed by atoms with Crippen molar-refractivity contribution in [1.82, 2.24) is 4.98 Å². The van der Waals surface area contributed by atoms with E-state index in [2.05, 4.69) is 4.98 Å². The summed E-state index contributed by atoms with van der Waals surface area (Å²) in [6.45, 7) is 2.08. The summed E-state index contributed by atoms with van der Waals surface area (Å²) in [5.41, 5.74) is 1.61. The number of fused-ring (bicyclic) bond motifs is 1. The van der Waals surface area contributed by atoms with Crippen molar-refractivity contribution in [3.8, 4) is 0 Å². The van der Waals surface area contributed by atoms with E-state index in [-0.39, 0.29) is 5.56 Å². The first-order valence-corrected chi connectivity index (χ1v) is 6.08. The van der Waals surface area contributed by atoms with Crippen molar-refractivity contribution in [2.24, 2.45) is 0 Å². The first-order chi connectivity index (χ1) is 9.60. The summed E-state index contributed by atoms with van der Waals surface area (Å²) in [5.74, 6) is -1.41. The third-order valence-corrected chi connectivity index (χ3v) is 2.65. The van der Waals surface area contributed by atoms with Crippen molar-refractivity contribution < 1.29 is 19.4 Å². The normalized spacial score (nSPS) is 10.8. The monoisotopic (exact) mass is 271 g/mol. The van der Waals surface area contributed by atoms with E-state index in [9.17, 15) is 9.59 Å². The molecule has 5 nitrogen and oxygen atoms in total. The second-order valence-electron chi connectivity index (χ2n) is 4.07. The van der Waals surface area contributed by atoms with Crippen LogP contribution in [0.5, 0.6) is 0 Å². The Morgan fingerprint density at radius 3 is 2.85 bits per heavy atom. The van der Waals surface area contributed by atoms with Crippen molar-refractivity contribution in [3.05, 3.63) is 47.7 Å². The maximum atomic E-state index is 11.2. The van der Waals surface area contributed by atoms with Crippen LogP contribution in [0, 0.1) is 0 Å². The Hall–Kier alpha value is -2.69. The number of benzene rings is 1. The highest BCUT2D eigenvalue weighted by Crippen LogP contribution is 2.16. The zero-order valence-corrected chi connectivity index (χ0v) is 10.9. The first kappa shape index (κ1) is 13.7. The average molecular weight is 271 g/mol. The number of esters is 1. The number of pyridine rings is 1. The van der Waals surface area contributed by atoms with Gasteiger partial charge in [0.15, 0.2) is 0 Å². The molecule has 0 unspecified atom stereocenters. The van der Waals surface area contributed by atoms with E-state index in [0.717, 1.165) is 10.9 Å². The van der Waals surface area contributed by atoms with Crippen LogP contribution in [0.25, 0.3) is 17.0 Å². The van der Waals surface area contributed by atoms with E-state index in [1.54, 1.807) is 37.3 Å². The van der Waals surface area contributed by atoms with Gasteiger partial charge < -0.3 is 9.84 Å². The molecule has 102 valence electrons. The number of ether oxygens (including phenoxy) is 1. The fourth-order valence-corrected chi connectivity index (χ4v) is 1.71. The minimum Gasteiger partial charge on any atom is -0.478 e. The number of aromatic nitrogens is 1. The van der Waals surface area contributed by atoms with Crippen LogP contribution in [0.3, 0.4) is 0 Å².